The van der Waals surface area contributed by atoms with Gasteiger partial charge >= 0.3 is 0 Å². The van der Waals surface area contributed by atoms with E-state index in [4.69, 9.17) is 0 Å². The van der Waals surface area contributed by atoms with E-state index in [2.05, 4.69) is 10.7 Å². The molecule has 0 fully saturated rings. The summed E-state index contributed by atoms with van der Waals surface area (Å²) in [5, 5.41) is 0. The smallest absolute Gasteiger partial charge is 0 e. The second kappa shape index (κ2) is 3.52. The molecule has 1 heterocycles. The van der Waals surface area contributed by atoms with Crippen molar-refractivity contribution in [1.29, 1.82) is 0 Å². The maximum absolute atomic E-state index is 4.46. The molecule has 1 aromatic rings. The minimum Gasteiger partial charge on any atom is -0.599 e. The van der Waals surface area contributed by atoms with Crippen LogP contribution in [0.2, 0.25) is 0 Å². The summed E-state index contributed by atoms with van der Waals surface area (Å²) in [5.41, 5.74) is 0. The van der Waals surface area contributed by atoms with Gasteiger partial charge in [0.15, 0.2) is 0 Å². The molecule has 1 rings (SSSR count). The van der Waals surface area contributed by atoms with Crippen molar-refractivity contribution < 1.29 is 35.5 Å². The molecule has 0 amide bonds. The third kappa shape index (κ3) is 1.69. The fourth-order valence-electron chi connectivity index (χ4n) is 0.196. The standard InChI is InChI=1S/C4H3O.U/c1-2-4-5-3-1;/h1-3H;/q-1;. The van der Waals surface area contributed by atoms with Crippen LogP contribution in [0, 0.1) is 37.4 Å². The van der Waals surface area contributed by atoms with E-state index < -0.39 is 0 Å². The zero-order valence-corrected chi connectivity index (χ0v) is 7.30. The van der Waals surface area contributed by atoms with Gasteiger partial charge in [0.05, 0.1) is 0 Å². The molecule has 0 unspecified atom stereocenters. The second-order valence-corrected chi connectivity index (χ2v) is 0.731. The average Bonchev–Trinajstić information content (AvgIpc) is 1.76. The number of hydrogen-bond donors (Lipinski definition) is 0. The molecule has 0 aliphatic heterocycles. The summed E-state index contributed by atoms with van der Waals surface area (Å²) in [6.07, 6.45) is 4.06. The minimum atomic E-state index is 0. The third-order valence-electron chi connectivity index (χ3n) is 0.379. The van der Waals surface area contributed by atoms with Crippen LogP contribution in [0.4, 0.5) is 0 Å². The predicted molar refractivity (Wildman–Crippen MR) is 17.5 cm³/mol. The van der Waals surface area contributed by atoms with Gasteiger partial charge in [-0.1, -0.05) is 6.26 Å². The van der Waals surface area contributed by atoms with Gasteiger partial charge < -0.3 is 4.42 Å². The fraction of sp³-hybridized carbons (Fsp3) is 0. The predicted octanol–water partition coefficient (Wildman–Crippen LogP) is 1.08. The molecule has 1 nitrogen and oxygen atoms in total. The zero-order valence-electron chi connectivity index (χ0n) is 3.14. The second-order valence-electron chi connectivity index (χ2n) is 0.731. The molecule has 0 aromatic carbocycles. The van der Waals surface area contributed by atoms with Crippen LogP contribution < -0.4 is 0 Å². The van der Waals surface area contributed by atoms with Crippen molar-refractivity contribution in [2.24, 2.45) is 0 Å². The van der Waals surface area contributed by atoms with Crippen LogP contribution in [-0.2, 0) is 0 Å². The van der Waals surface area contributed by atoms with Gasteiger partial charge in [-0.15, -0.1) is 6.07 Å². The first kappa shape index (κ1) is 6.33. The molecule has 0 saturated heterocycles. The molecule has 0 N–H and O–H groups in total. The Labute approximate surface area is 60.1 Å². The summed E-state index contributed by atoms with van der Waals surface area (Å²) in [7, 11) is 0. The first-order valence-electron chi connectivity index (χ1n) is 1.40. The first-order chi connectivity index (χ1) is 2.50. The molecule has 30 valence electrons. The van der Waals surface area contributed by atoms with E-state index in [1.165, 1.54) is 0 Å². The van der Waals surface area contributed by atoms with Gasteiger partial charge in [-0.25, -0.2) is 0 Å². The molecule has 1 aromatic heterocycles. The summed E-state index contributed by atoms with van der Waals surface area (Å²) in [4.78, 5) is 0. The molecule has 2 heteroatoms. The van der Waals surface area contributed by atoms with Crippen molar-refractivity contribution in [2.75, 3.05) is 0 Å². The molecule has 0 aliphatic carbocycles. The van der Waals surface area contributed by atoms with Gasteiger partial charge in [0.1, 0.15) is 0 Å². The Balaban J connectivity index is 0.000000250. The molecule has 6 heavy (non-hydrogen) atoms. The van der Waals surface area contributed by atoms with Gasteiger partial charge in [0.25, 0.3) is 0 Å². The Morgan fingerprint density at radius 3 is 2.50 bits per heavy atom. The van der Waals surface area contributed by atoms with Crippen molar-refractivity contribution in [1.82, 2.24) is 0 Å². The molecular weight excluding hydrogens is 302 g/mol. The summed E-state index contributed by atoms with van der Waals surface area (Å²) >= 11 is 0. The Morgan fingerprint density at radius 1 is 1.50 bits per heavy atom. The molecular formula is C4H3OU-. The Bertz CT molecular complexity index is 64.0. The molecule has 0 atom stereocenters. The van der Waals surface area contributed by atoms with E-state index in [0.717, 1.165) is 0 Å². The molecule has 0 saturated carbocycles. The maximum atomic E-state index is 4.46. The van der Waals surface area contributed by atoms with E-state index in [1.807, 2.05) is 0 Å². The van der Waals surface area contributed by atoms with Crippen molar-refractivity contribution >= 4 is 0 Å². The van der Waals surface area contributed by atoms with E-state index in [1.54, 1.807) is 18.4 Å². The molecule has 0 radical (unpaired) electrons. The van der Waals surface area contributed by atoms with E-state index in [-0.39, 0.29) is 31.1 Å². The van der Waals surface area contributed by atoms with Crippen LogP contribution in [0.25, 0.3) is 0 Å². The van der Waals surface area contributed by atoms with E-state index in [9.17, 15) is 0 Å². The van der Waals surface area contributed by atoms with E-state index in [0.29, 0.717) is 0 Å². The van der Waals surface area contributed by atoms with Crippen LogP contribution in [0.15, 0.2) is 22.8 Å². The minimum absolute atomic E-state index is 0. The van der Waals surface area contributed by atoms with Crippen molar-refractivity contribution in [3.63, 3.8) is 0 Å². The fourth-order valence-corrected chi connectivity index (χ4v) is 0.196. The largest absolute Gasteiger partial charge is 0.599 e. The Hall–Kier alpha value is 0.332. The average molecular weight is 305 g/mol. The Kier molecular flexibility index (Phi) is 3.71. The maximum Gasteiger partial charge on any atom is 0 e. The van der Waals surface area contributed by atoms with Crippen molar-refractivity contribution in [2.45, 2.75) is 0 Å². The summed E-state index contributed by atoms with van der Waals surface area (Å²) in [5.74, 6) is 0. The number of rotatable bonds is 0. The quantitative estimate of drug-likeness (QED) is 0.654. The van der Waals surface area contributed by atoms with Gasteiger partial charge in [-0.05, 0) is 6.26 Å². The van der Waals surface area contributed by atoms with Gasteiger partial charge in [0, 0.05) is 31.1 Å². The van der Waals surface area contributed by atoms with Crippen LogP contribution in [0.3, 0.4) is 0 Å². The first-order valence-corrected chi connectivity index (χ1v) is 1.40. The monoisotopic (exact) mass is 305 g/mol. The van der Waals surface area contributed by atoms with Crippen LogP contribution >= 0.6 is 0 Å². The van der Waals surface area contributed by atoms with Crippen LogP contribution in [0.5, 0.6) is 0 Å². The summed E-state index contributed by atoms with van der Waals surface area (Å²) in [6, 6.07) is 3.49. The summed E-state index contributed by atoms with van der Waals surface area (Å²) < 4.78 is 4.46. The van der Waals surface area contributed by atoms with Gasteiger partial charge in [0.2, 0.25) is 0 Å². The van der Waals surface area contributed by atoms with E-state index >= 15 is 0 Å². The van der Waals surface area contributed by atoms with Crippen molar-refractivity contribution in [3.8, 4) is 0 Å². The number of hydrogen-bond acceptors (Lipinski definition) is 1. The normalized spacial score (nSPS) is 6.67. The molecule has 0 spiro atoms. The van der Waals surface area contributed by atoms with Gasteiger partial charge in [-0.3, -0.25) is 0 Å². The van der Waals surface area contributed by atoms with Crippen molar-refractivity contribution in [3.05, 3.63) is 24.7 Å². The SMILES string of the molecule is [U].[c-]1ccco1. The van der Waals surface area contributed by atoms with Crippen LogP contribution in [0.1, 0.15) is 0 Å². The molecule has 0 bridgehead atoms. The number of furan rings is 1. The zero-order chi connectivity index (χ0) is 3.54. The Morgan fingerprint density at radius 2 is 2.33 bits per heavy atom. The van der Waals surface area contributed by atoms with Gasteiger partial charge in [-0.2, -0.15) is 6.07 Å². The molecule has 0 aliphatic rings. The van der Waals surface area contributed by atoms with Crippen LogP contribution in [-0.4, -0.2) is 0 Å². The summed E-state index contributed by atoms with van der Waals surface area (Å²) in [6.45, 7) is 0. The topological polar surface area (TPSA) is 13.1 Å². The third-order valence-corrected chi connectivity index (χ3v) is 0.379.